The Hall–Kier alpha value is -2.80. The number of carbonyl (C=O) groups is 1. The summed E-state index contributed by atoms with van der Waals surface area (Å²) in [4.78, 5) is 12.2. The van der Waals surface area contributed by atoms with Crippen molar-refractivity contribution in [3.63, 3.8) is 0 Å². The van der Waals surface area contributed by atoms with E-state index in [0.29, 0.717) is 5.75 Å². The van der Waals surface area contributed by atoms with Crippen molar-refractivity contribution < 1.29 is 9.53 Å². The van der Waals surface area contributed by atoms with Gasteiger partial charge in [-0.15, -0.1) is 0 Å². The first kappa shape index (κ1) is 16.1. The molecule has 1 amide bonds. The minimum absolute atomic E-state index is 0.0900. The van der Waals surface area contributed by atoms with E-state index < -0.39 is 5.54 Å². The molecule has 24 heavy (non-hydrogen) atoms. The second-order valence-corrected chi connectivity index (χ2v) is 6.10. The Balaban J connectivity index is 1.67. The summed E-state index contributed by atoms with van der Waals surface area (Å²) >= 11 is 0. The second-order valence-electron chi connectivity index (χ2n) is 6.10. The Morgan fingerprint density at radius 2 is 1.75 bits per heavy atom. The van der Waals surface area contributed by atoms with Gasteiger partial charge in [0.05, 0.1) is 6.07 Å². The van der Waals surface area contributed by atoms with Crippen LogP contribution in [0.1, 0.15) is 25.7 Å². The first-order valence-corrected chi connectivity index (χ1v) is 8.22. The molecule has 122 valence electrons. The summed E-state index contributed by atoms with van der Waals surface area (Å²) in [5, 5.41) is 12.2. The van der Waals surface area contributed by atoms with E-state index in [9.17, 15) is 10.1 Å². The number of para-hydroxylation sites is 1. The van der Waals surface area contributed by atoms with Crippen molar-refractivity contribution in [1.82, 2.24) is 5.32 Å². The molecule has 1 aliphatic rings. The predicted octanol–water partition coefficient (Wildman–Crippen LogP) is 3.68. The molecule has 0 radical (unpaired) electrons. The van der Waals surface area contributed by atoms with Gasteiger partial charge in [-0.3, -0.25) is 4.79 Å². The Bertz CT molecular complexity index is 744. The van der Waals surface area contributed by atoms with Crippen LogP contribution < -0.4 is 10.1 Å². The van der Waals surface area contributed by atoms with Gasteiger partial charge in [0, 0.05) is 5.56 Å². The van der Waals surface area contributed by atoms with Gasteiger partial charge in [0.25, 0.3) is 5.91 Å². The van der Waals surface area contributed by atoms with Crippen molar-refractivity contribution in [2.75, 3.05) is 6.61 Å². The molecule has 1 saturated carbocycles. The molecule has 0 aliphatic heterocycles. The van der Waals surface area contributed by atoms with Crippen molar-refractivity contribution in [2.45, 2.75) is 31.2 Å². The molecule has 1 fully saturated rings. The third kappa shape index (κ3) is 3.57. The summed E-state index contributed by atoms with van der Waals surface area (Å²) in [7, 11) is 0. The molecule has 1 N–H and O–H groups in total. The lowest BCUT2D eigenvalue weighted by Crippen LogP contribution is -2.47. The zero-order valence-electron chi connectivity index (χ0n) is 13.5. The number of nitrogens with zero attached hydrogens (tertiary/aromatic N) is 1. The van der Waals surface area contributed by atoms with E-state index in [-0.39, 0.29) is 12.5 Å². The molecule has 2 aromatic rings. The van der Waals surface area contributed by atoms with E-state index in [0.717, 1.165) is 36.8 Å². The lowest BCUT2D eigenvalue weighted by atomic mass is 10.00. The highest BCUT2D eigenvalue weighted by Gasteiger charge is 2.35. The molecule has 3 rings (SSSR count). The molecule has 1 aliphatic carbocycles. The minimum Gasteiger partial charge on any atom is -0.483 e. The lowest BCUT2D eigenvalue weighted by molar-refractivity contribution is -0.124. The first-order valence-electron chi connectivity index (χ1n) is 8.22. The molecule has 4 nitrogen and oxygen atoms in total. The van der Waals surface area contributed by atoms with Crippen LogP contribution in [0.15, 0.2) is 54.6 Å². The lowest BCUT2D eigenvalue weighted by Gasteiger charge is -2.22. The summed E-state index contributed by atoms with van der Waals surface area (Å²) in [6.07, 6.45) is 3.39. The number of carbonyl (C=O) groups excluding carboxylic acids is 1. The zero-order chi connectivity index (χ0) is 16.8. The van der Waals surface area contributed by atoms with E-state index in [4.69, 9.17) is 4.74 Å². The normalized spacial score (nSPS) is 15.5. The van der Waals surface area contributed by atoms with Gasteiger partial charge < -0.3 is 10.1 Å². The van der Waals surface area contributed by atoms with E-state index in [2.05, 4.69) is 11.4 Å². The topological polar surface area (TPSA) is 62.1 Å². The average molecular weight is 320 g/mol. The van der Waals surface area contributed by atoms with Gasteiger partial charge in [0.1, 0.15) is 11.3 Å². The highest BCUT2D eigenvalue weighted by molar-refractivity contribution is 5.79. The molecule has 0 aromatic heterocycles. The maximum Gasteiger partial charge on any atom is 0.259 e. The van der Waals surface area contributed by atoms with Crippen LogP contribution in [0.5, 0.6) is 5.75 Å². The Labute approximate surface area is 142 Å². The van der Waals surface area contributed by atoms with Crippen LogP contribution in [0.4, 0.5) is 0 Å². The summed E-state index contributed by atoms with van der Waals surface area (Å²) in [5.41, 5.74) is 1.28. The third-order valence-corrected chi connectivity index (χ3v) is 4.38. The zero-order valence-corrected chi connectivity index (χ0v) is 13.5. The maximum atomic E-state index is 12.2. The van der Waals surface area contributed by atoms with Crippen molar-refractivity contribution in [1.29, 1.82) is 5.26 Å². The van der Waals surface area contributed by atoms with Crippen molar-refractivity contribution in [3.8, 4) is 22.9 Å². The van der Waals surface area contributed by atoms with Crippen LogP contribution in [-0.4, -0.2) is 18.1 Å². The van der Waals surface area contributed by atoms with Crippen LogP contribution in [0.2, 0.25) is 0 Å². The second kappa shape index (κ2) is 7.18. The van der Waals surface area contributed by atoms with Gasteiger partial charge >= 0.3 is 0 Å². The molecule has 0 unspecified atom stereocenters. The quantitative estimate of drug-likeness (QED) is 0.914. The highest BCUT2D eigenvalue weighted by atomic mass is 16.5. The molecule has 0 saturated heterocycles. The third-order valence-electron chi connectivity index (χ3n) is 4.38. The number of amides is 1. The maximum absolute atomic E-state index is 12.2. The number of benzene rings is 2. The predicted molar refractivity (Wildman–Crippen MR) is 92.3 cm³/mol. The van der Waals surface area contributed by atoms with Crippen molar-refractivity contribution in [2.24, 2.45) is 0 Å². The molecule has 2 aromatic carbocycles. The smallest absolute Gasteiger partial charge is 0.259 e. The molecule has 0 spiro atoms. The van der Waals surface area contributed by atoms with Crippen LogP contribution in [0.3, 0.4) is 0 Å². The number of ether oxygens (including phenoxy) is 1. The fourth-order valence-electron chi connectivity index (χ4n) is 3.14. The Morgan fingerprint density at radius 3 is 2.46 bits per heavy atom. The monoisotopic (exact) mass is 320 g/mol. The van der Waals surface area contributed by atoms with E-state index in [1.807, 2.05) is 54.6 Å². The number of rotatable bonds is 5. The number of nitriles is 1. The van der Waals surface area contributed by atoms with Gasteiger partial charge in [0.2, 0.25) is 0 Å². The van der Waals surface area contributed by atoms with E-state index >= 15 is 0 Å². The van der Waals surface area contributed by atoms with Gasteiger partial charge in [-0.1, -0.05) is 48.5 Å². The van der Waals surface area contributed by atoms with Gasteiger partial charge in [-0.25, -0.2) is 0 Å². The fourth-order valence-corrected chi connectivity index (χ4v) is 3.14. The minimum atomic E-state index is -0.709. The first-order chi connectivity index (χ1) is 11.7. The van der Waals surface area contributed by atoms with Gasteiger partial charge in [-0.05, 0) is 37.3 Å². The van der Waals surface area contributed by atoms with E-state index in [1.54, 1.807) is 0 Å². The molecular weight excluding hydrogens is 300 g/mol. The van der Waals surface area contributed by atoms with Crippen LogP contribution in [0, 0.1) is 11.3 Å². The van der Waals surface area contributed by atoms with Gasteiger partial charge in [0.15, 0.2) is 6.61 Å². The van der Waals surface area contributed by atoms with Crippen LogP contribution in [-0.2, 0) is 4.79 Å². The van der Waals surface area contributed by atoms with Gasteiger partial charge in [-0.2, -0.15) is 5.26 Å². The van der Waals surface area contributed by atoms with Crippen LogP contribution in [0.25, 0.3) is 11.1 Å². The number of hydrogen-bond acceptors (Lipinski definition) is 3. The van der Waals surface area contributed by atoms with E-state index in [1.165, 1.54) is 0 Å². The number of nitrogens with one attached hydrogen (secondary N) is 1. The largest absolute Gasteiger partial charge is 0.483 e. The van der Waals surface area contributed by atoms with Crippen molar-refractivity contribution in [3.05, 3.63) is 54.6 Å². The molecule has 4 heteroatoms. The standard InChI is InChI=1S/C20H20N2O2/c21-15-20(12-6-7-13-20)22-19(23)14-24-18-11-5-4-10-17(18)16-8-2-1-3-9-16/h1-5,8-11H,6-7,12-14H2,(H,22,23). The SMILES string of the molecule is N#CC1(NC(=O)COc2ccccc2-c2ccccc2)CCCC1. The van der Waals surface area contributed by atoms with Crippen molar-refractivity contribution >= 4 is 5.91 Å². The summed E-state index contributed by atoms with van der Waals surface area (Å²) in [5.74, 6) is 0.414. The summed E-state index contributed by atoms with van der Waals surface area (Å²) in [6.45, 7) is -0.0900. The summed E-state index contributed by atoms with van der Waals surface area (Å²) < 4.78 is 5.73. The molecule has 0 atom stereocenters. The fraction of sp³-hybridized carbons (Fsp3) is 0.300. The molecule has 0 bridgehead atoms. The average Bonchev–Trinajstić information content (AvgIpc) is 3.10. The molecule has 0 heterocycles. The summed E-state index contributed by atoms with van der Waals surface area (Å²) in [6, 6.07) is 19.8. The highest BCUT2D eigenvalue weighted by Crippen LogP contribution is 2.30. The Morgan fingerprint density at radius 1 is 1.08 bits per heavy atom. The molecular formula is C20H20N2O2. The Kier molecular flexibility index (Phi) is 4.81. The van der Waals surface area contributed by atoms with Crippen LogP contribution >= 0.6 is 0 Å². The number of hydrogen-bond donors (Lipinski definition) is 1.